The van der Waals surface area contributed by atoms with Crippen molar-refractivity contribution in [3.8, 4) is 0 Å². The van der Waals surface area contributed by atoms with Crippen LogP contribution in [0.5, 0.6) is 0 Å². The molecule has 0 saturated carbocycles. The summed E-state index contributed by atoms with van der Waals surface area (Å²) >= 11 is 0. The molecule has 0 aliphatic carbocycles. The molecule has 0 aromatic heterocycles. The molecule has 156 valence electrons. The fourth-order valence-corrected chi connectivity index (χ4v) is 2.97. The van der Waals surface area contributed by atoms with Gasteiger partial charge >= 0.3 is 6.03 Å². The van der Waals surface area contributed by atoms with Gasteiger partial charge in [0.1, 0.15) is 5.82 Å². The second-order valence-corrected chi connectivity index (χ2v) is 7.03. The smallest absolute Gasteiger partial charge is 0.326 e. The number of nitrogens with one attached hydrogen (secondary N) is 2. The van der Waals surface area contributed by atoms with Crippen LogP contribution in [0.2, 0.25) is 0 Å². The van der Waals surface area contributed by atoms with E-state index in [9.17, 15) is 14.0 Å². The fraction of sp³-hybridized carbons (Fsp3) is 0.391. The Balaban J connectivity index is 1.98. The maximum atomic E-state index is 13.3. The third-order valence-electron chi connectivity index (χ3n) is 4.69. The van der Waals surface area contributed by atoms with Gasteiger partial charge in [0.05, 0.1) is 0 Å². The first kappa shape index (κ1) is 22.4. The number of amides is 3. The summed E-state index contributed by atoms with van der Waals surface area (Å²) in [5.41, 5.74) is 2.22. The summed E-state index contributed by atoms with van der Waals surface area (Å²) in [5.74, 6) is -0.382. The summed E-state index contributed by atoms with van der Waals surface area (Å²) in [4.78, 5) is 26.4. The summed E-state index contributed by atoms with van der Waals surface area (Å²) < 4.78 is 13.3. The Morgan fingerprint density at radius 3 is 2.41 bits per heavy atom. The van der Waals surface area contributed by atoms with E-state index in [1.54, 1.807) is 12.1 Å². The average Bonchev–Trinajstić information content (AvgIpc) is 2.71. The third kappa shape index (κ3) is 7.56. The Labute approximate surface area is 172 Å². The molecule has 6 heteroatoms. The SMILES string of the molecule is CCCCCCC(=O)NCCN(C(=O)Nc1ccccc1C)c1ccc(F)cc1. The number of aryl methyl sites for hydroxylation is 1. The molecule has 0 unspecified atom stereocenters. The van der Waals surface area contributed by atoms with Gasteiger partial charge in [-0.25, -0.2) is 9.18 Å². The maximum absolute atomic E-state index is 13.3. The molecule has 0 heterocycles. The van der Waals surface area contributed by atoms with Crippen LogP contribution in [0.25, 0.3) is 0 Å². The van der Waals surface area contributed by atoms with E-state index in [2.05, 4.69) is 17.6 Å². The zero-order valence-electron chi connectivity index (χ0n) is 17.2. The molecule has 2 aromatic rings. The van der Waals surface area contributed by atoms with Gasteiger partial charge in [-0.2, -0.15) is 0 Å². The van der Waals surface area contributed by atoms with Crippen LogP contribution in [0.4, 0.5) is 20.6 Å². The Morgan fingerprint density at radius 1 is 1.00 bits per heavy atom. The molecule has 0 fully saturated rings. The minimum absolute atomic E-state index is 0.0144. The molecule has 5 nitrogen and oxygen atoms in total. The minimum Gasteiger partial charge on any atom is -0.354 e. The van der Waals surface area contributed by atoms with Gasteiger partial charge in [-0.15, -0.1) is 0 Å². The van der Waals surface area contributed by atoms with Crippen molar-refractivity contribution in [2.24, 2.45) is 0 Å². The van der Waals surface area contributed by atoms with Crippen molar-refractivity contribution in [2.75, 3.05) is 23.3 Å². The van der Waals surface area contributed by atoms with Crippen LogP contribution in [0, 0.1) is 12.7 Å². The zero-order valence-corrected chi connectivity index (χ0v) is 17.2. The van der Waals surface area contributed by atoms with E-state index in [1.807, 2.05) is 31.2 Å². The van der Waals surface area contributed by atoms with Crippen LogP contribution in [-0.4, -0.2) is 25.0 Å². The van der Waals surface area contributed by atoms with Crippen molar-refractivity contribution in [1.29, 1.82) is 0 Å². The summed E-state index contributed by atoms with van der Waals surface area (Å²) in [6.45, 7) is 4.65. The highest BCUT2D eigenvalue weighted by Gasteiger charge is 2.17. The summed E-state index contributed by atoms with van der Waals surface area (Å²) in [6, 6.07) is 12.9. The molecule has 0 aliphatic rings. The third-order valence-corrected chi connectivity index (χ3v) is 4.69. The van der Waals surface area contributed by atoms with Gasteiger partial charge in [-0.1, -0.05) is 44.4 Å². The first-order chi connectivity index (χ1) is 14.0. The molecular weight excluding hydrogens is 369 g/mol. The zero-order chi connectivity index (χ0) is 21.1. The molecular formula is C23H30FN3O2. The molecule has 2 aromatic carbocycles. The van der Waals surface area contributed by atoms with Crippen LogP contribution in [-0.2, 0) is 4.79 Å². The van der Waals surface area contributed by atoms with E-state index in [0.29, 0.717) is 24.3 Å². The molecule has 0 aliphatic heterocycles. The highest BCUT2D eigenvalue weighted by Crippen LogP contribution is 2.18. The number of benzene rings is 2. The van der Waals surface area contributed by atoms with Gasteiger partial charge in [-0.3, -0.25) is 9.69 Å². The van der Waals surface area contributed by atoms with Crippen molar-refractivity contribution in [1.82, 2.24) is 5.32 Å². The van der Waals surface area contributed by atoms with E-state index in [0.717, 1.165) is 31.2 Å². The molecule has 0 spiro atoms. The average molecular weight is 400 g/mol. The van der Waals surface area contributed by atoms with E-state index in [1.165, 1.54) is 17.0 Å². The van der Waals surface area contributed by atoms with Gasteiger partial charge in [0, 0.05) is 30.9 Å². The monoisotopic (exact) mass is 399 g/mol. The molecule has 2 N–H and O–H groups in total. The fourth-order valence-electron chi connectivity index (χ4n) is 2.97. The van der Waals surface area contributed by atoms with Crippen molar-refractivity contribution in [3.63, 3.8) is 0 Å². The van der Waals surface area contributed by atoms with Crippen LogP contribution >= 0.6 is 0 Å². The summed E-state index contributed by atoms with van der Waals surface area (Å²) in [6.07, 6.45) is 4.67. The van der Waals surface area contributed by atoms with E-state index in [-0.39, 0.29) is 24.3 Å². The number of nitrogens with zero attached hydrogens (tertiary/aromatic N) is 1. The van der Waals surface area contributed by atoms with Gasteiger partial charge in [0.25, 0.3) is 0 Å². The first-order valence-electron chi connectivity index (χ1n) is 10.2. The second kappa shape index (κ2) is 11.8. The molecule has 2 rings (SSSR count). The van der Waals surface area contributed by atoms with E-state index >= 15 is 0 Å². The molecule has 3 amide bonds. The number of urea groups is 1. The standard InChI is InChI=1S/C23H30FN3O2/c1-3-4-5-6-11-22(28)25-16-17-27(20-14-12-19(24)13-15-20)23(29)26-21-10-8-7-9-18(21)2/h7-10,12-15H,3-6,11,16-17H2,1-2H3,(H,25,28)(H,26,29). The number of carbonyl (C=O) groups excluding carboxylic acids is 2. The van der Waals surface area contributed by atoms with Crippen LogP contribution < -0.4 is 15.5 Å². The van der Waals surface area contributed by atoms with Gasteiger partial charge in [0.2, 0.25) is 5.91 Å². The van der Waals surface area contributed by atoms with Crippen molar-refractivity contribution < 1.29 is 14.0 Å². The molecule has 0 bridgehead atoms. The highest BCUT2D eigenvalue weighted by atomic mass is 19.1. The molecule has 0 saturated heterocycles. The number of anilines is 2. The normalized spacial score (nSPS) is 10.4. The molecule has 29 heavy (non-hydrogen) atoms. The van der Waals surface area contributed by atoms with Crippen molar-refractivity contribution in [2.45, 2.75) is 46.0 Å². The largest absolute Gasteiger partial charge is 0.354 e. The lowest BCUT2D eigenvalue weighted by molar-refractivity contribution is -0.121. The van der Waals surface area contributed by atoms with E-state index in [4.69, 9.17) is 0 Å². The number of hydrogen-bond donors (Lipinski definition) is 2. The van der Waals surface area contributed by atoms with Crippen molar-refractivity contribution in [3.05, 3.63) is 59.9 Å². The van der Waals surface area contributed by atoms with Crippen molar-refractivity contribution >= 4 is 23.3 Å². The predicted molar refractivity (Wildman–Crippen MR) is 116 cm³/mol. The Kier molecular flexibility index (Phi) is 9.15. The number of rotatable bonds is 10. The number of halogens is 1. The first-order valence-corrected chi connectivity index (χ1v) is 10.2. The highest BCUT2D eigenvalue weighted by molar-refractivity contribution is 6.02. The number of unbranched alkanes of at least 4 members (excludes halogenated alkanes) is 3. The Bertz CT molecular complexity index is 793. The van der Waals surface area contributed by atoms with Gasteiger partial charge in [-0.05, 0) is 49.2 Å². The van der Waals surface area contributed by atoms with Gasteiger partial charge < -0.3 is 10.6 Å². The van der Waals surface area contributed by atoms with Crippen LogP contribution in [0.3, 0.4) is 0 Å². The lowest BCUT2D eigenvalue weighted by Gasteiger charge is -2.24. The van der Waals surface area contributed by atoms with E-state index < -0.39 is 0 Å². The van der Waals surface area contributed by atoms with Crippen LogP contribution in [0.1, 0.15) is 44.6 Å². The Hall–Kier alpha value is -2.89. The second-order valence-electron chi connectivity index (χ2n) is 7.03. The quantitative estimate of drug-likeness (QED) is 0.536. The number of para-hydroxylation sites is 1. The predicted octanol–water partition coefficient (Wildman–Crippen LogP) is 5.26. The number of hydrogen-bond acceptors (Lipinski definition) is 2. The number of carbonyl (C=O) groups is 2. The molecule has 0 radical (unpaired) electrons. The summed E-state index contributed by atoms with van der Waals surface area (Å²) in [7, 11) is 0. The topological polar surface area (TPSA) is 61.4 Å². The minimum atomic E-state index is -0.367. The van der Waals surface area contributed by atoms with Gasteiger partial charge in [0.15, 0.2) is 0 Å². The Morgan fingerprint density at radius 2 is 1.72 bits per heavy atom. The maximum Gasteiger partial charge on any atom is 0.326 e. The lowest BCUT2D eigenvalue weighted by atomic mass is 10.1. The lowest BCUT2D eigenvalue weighted by Crippen LogP contribution is -2.41. The summed E-state index contributed by atoms with van der Waals surface area (Å²) in [5, 5.41) is 5.76. The van der Waals surface area contributed by atoms with Crippen LogP contribution in [0.15, 0.2) is 48.5 Å². The molecule has 0 atom stereocenters.